The lowest BCUT2D eigenvalue weighted by molar-refractivity contribution is 0.251. The first-order valence-electron chi connectivity index (χ1n) is 24.1. The lowest BCUT2D eigenvalue weighted by Gasteiger charge is -2.15. The van der Waals surface area contributed by atoms with Gasteiger partial charge < -0.3 is 53.7 Å². The van der Waals surface area contributed by atoms with Gasteiger partial charge in [0.05, 0.1) is 41.5 Å². The molecule has 6 aromatic carbocycles. The van der Waals surface area contributed by atoms with Gasteiger partial charge in [0, 0.05) is 35.6 Å². The lowest BCUT2D eigenvalue weighted by Crippen LogP contribution is -2.28. The summed E-state index contributed by atoms with van der Waals surface area (Å²) in [5.41, 5.74) is 28.8. The molecule has 0 aliphatic heterocycles. The Morgan fingerprint density at radius 1 is 0.494 bits per heavy atom. The van der Waals surface area contributed by atoms with Crippen LogP contribution in [-0.4, -0.2) is 66.4 Å². The van der Waals surface area contributed by atoms with Crippen LogP contribution in [0.3, 0.4) is 0 Å². The van der Waals surface area contributed by atoms with Crippen molar-refractivity contribution in [2.75, 3.05) is 33.6 Å². The molecule has 0 spiro atoms. The first kappa shape index (κ1) is 68.3. The largest absolute Gasteiger partial charge is 0.486 e. The van der Waals surface area contributed by atoms with Crippen molar-refractivity contribution in [3.8, 4) is 33.8 Å². The lowest BCUT2D eigenvalue weighted by atomic mass is 10.0. The summed E-state index contributed by atoms with van der Waals surface area (Å²) in [4.78, 5) is 40.2. The molecule has 0 bridgehead atoms. The minimum Gasteiger partial charge on any atom is -0.486 e. The van der Waals surface area contributed by atoms with Crippen molar-refractivity contribution in [1.82, 2.24) is 30.6 Å². The highest BCUT2D eigenvalue weighted by Crippen LogP contribution is 2.37. The van der Waals surface area contributed by atoms with Crippen molar-refractivity contribution in [3.63, 3.8) is 0 Å². The van der Waals surface area contributed by atoms with E-state index in [0.29, 0.717) is 76.4 Å². The summed E-state index contributed by atoms with van der Waals surface area (Å²) in [6, 6.07) is 26.2. The molecule has 0 atom stereocenters. The van der Waals surface area contributed by atoms with E-state index in [4.69, 9.17) is 120 Å². The molecule has 8 rings (SSSR count). The fraction of sp³-hybridized carbons (Fsp3) is 0.115. The van der Waals surface area contributed by atoms with Gasteiger partial charge in [0.25, 0.3) is 0 Å². The molecule has 8 aromatic rings. The number of carbonyl (C=O) groups excluding carboxylic acids is 2. The first-order chi connectivity index (χ1) is 40.6. The van der Waals surface area contributed by atoms with Crippen LogP contribution in [0.4, 0.5) is 52.3 Å². The molecule has 0 radical (unpaired) electrons. The van der Waals surface area contributed by atoms with Crippen molar-refractivity contribution < 1.29 is 61.2 Å². The van der Waals surface area contributed by atoms with Crippen molar-refractivity contribution in [1.29, 1.82) is 0 Å². The first-order valence-corrected chi connectivity index (χ1v) is 30.5. The van der Waals surface area contributed by atoms with E-state index in [1.807, 2.05) is 0 Å². The van der Waals surface area contributed by atoms with E-state index in [1.54, 1.807) is 72.8 Å². The summed E-state index contributed by atoms with van der Waals surface area (Å²) < 4.78 is 115. The molecule has 460 valence electrons. The number of nitrogen functional groups attached to an aromatic ring is 4. The maximum Gasteiger partial charge on any atom is 0.394 e. The highest BCUT2D eigenvalue weighted by atomic mass is 35.5. The van der Waals surface area contributed by atoms with Gasteiger partial charge in [-0.05, 0) is 120 Å². The summed E-state index contributed by atoms with van der Waals surface area (Å²) in [6.45, 7) is 2.93. The Bertz CT molecular complexity index is 4040. The van der Waals surface area contributed by atoms with E-state index in [-0.39, 0.29) is 82.4 Å². The van der Waals surface area contributed by atoms with Crippen molar-refractivity contribution in [2.24, 2.45) is 0 Å². The summed E-state index contributed by atoms with van der Waals surface area (Å²) in [6.07, 6.45) is 0. The van der Waals surface area contributed by atoms with Crippen LogP contribution in [0.25, 0.3) is 22.3 Å². The van der Waals surface area contributed by atoms with Crippen LogP contribution >= 0.6 is 69.6 Å². The molecule has 2 aromatic heterocycles. The van der Waals surface area contributed by atoms with E-state index < -0.39 is 52.7 Å². The number of hydrogen-bond donors (Lipinski definition) is 10. The SMILES string of the molecule is Cc1ccc(NC(=O)NCc2ccc(OCc3nc(N)nc(N)c3-c3ccc(Cl)c(Cl)c3)c(Cl)c2)cc1S(=O)(=O)F.Cc1ccc(NC(=O)NCc2ccc(OCc3nc(N)nc(N)c3-c3ccc(Cl)c(Cl)c3)c(Cl)c2)cc1S(=O)(=O)F.O=S(=O)(O)O. The fourth-order valence-electron chi connectivity index (χ4n) is 7.67. The number of hydrogen-bond acceptors (Lipinski definition) is 18. The highest BCUT2D eigenvalue weighted by molar-refractivity contribution is 7.86. The fourth-order valence-corrected chi connectivity index (χ4v) is 10.2. The van der Waals surface area contributed by atoms with E-state index in [2.05, 4.69) is 41.2 Å². The van der Waals surface area contributed by atoms with Crippen LogP contribution in [-0.2, 0) is 57.1 Å². The van der Waals surface area contributed by atoms with Crippen LogP contribution in [0, 0.1) is 13.8 Å². The molecule has 35 heteroatoms. The number of halogens is 8. The van der Waals surface area contributed by atoms with E-state index in [9.17, 15) is 34.2 Å². The Morgan fingerprint density at radius 2 is 0.851 bits per heavy atom. The zero-order valence-corrected chi connectivity index (χ0v) is 51.5. The van der Waals surface area contributed by atoms with Crippen LogP contribution in [0.2, 0.25) is 30.1 Å². The van der Waals surface area contributed by atoms with Crippen LogP contribution in [0.1, 0.15) is 33.6 Å². The molecular weight excluding hydrogens is 1330 g/mol. The number of urea groups is 2. The van der Waals surface area contributed by atoms with Gasteiger partial charge in [-0.1, -0.05) is 106 Å². The van der Waals surface area contributed by atoms with Crippen LogP contribution in [0.5, 0.6) is 11.5 Å². The molecule has 24 nitrogen and oxygen atoms in total. The average Bonchev–Trinajstić information content (AvgIpc) is 1.44. The van der Waals surface area contributed by atoms with Gasteiger partial charge in [0.1, 0.15) is 46.1 Å². The molecule has 0 aliphatic rings. The Hall–Kier alpha value is -7.81. The Labute approximate surface area is 525 Å². The zero-order chi connectivity index (χ0) is 64.3. The Balaban J connectivity index is 0.000000258. The number of carbonyl (C=O) groups is 2. The third-order valence-corrected chi connectivity index (χ3v) is 15.5. The molecule has 87 heavy (non-hydrogen) atoms. The third-order valence-electron chi connectivity index (χ3n) is 11.5. The second kappa shape index (κ2) is 29.3. The summed E-state index contributed by atoms with van der Waals surface area (Å²) in [7, 11) is -14.5. The molecule has 0 saturated carbocycles. The second-order valence-electron chi connectivity index (χ2n) is 17.8. The Morgan fingerprint density at radius 3 is 1.17 bits per heavy atom. The maximum absolute atomic E-state index is 13.4. The van der Waals surface area contributed by atoms with Gasteiger partial charge in [-0.3, -0.25) is 9.11 Å². The van der Waals surface area contributed by atoms with Gasteiger partial charge in [0.2, 0.25) is 11.9 Å². The predicted octanol–water partition coefficient (Wildman–Crippen LogP) is 11.6. The van der Waals surface area contributed by atoms with Crippen molar-refractivity contribution in [2.45, 2.75) is 49.9 Å². The Kier molecular flexibility index (Phi) is 23.0. The number of aryl methyl sites for hydroxylation is 2. The number of aromatic nitrogens is 4. The van der Waals surface area contributed by atoms with Crippen molar-refractivity contribution >= 4 is 147 Å². The number of benzene rings is 6. The van der Waals surface area contributed by atoms with Gasteiger partial charge in [0.15, 0.2) is 0 Å². The van der Waals surface area contributed by atoms with Gasteiger partial charge in [-0.15, -0.1) is 7.77 Å². The smallest absolute Gasteiger partial charge is 0.394 e. The molecule has 0 aliphatic carbocycles. The van der Waals surface area contributed by atoms with E-state index in [1.165, 1.54) is 38.1 Å². The third kappa shape index (κ3) is 20.1. The van der Waals surface area contributed by atoms with Crippen molar-refractivity contribution in [3.05, 3.63) is 173 Å². The molecule has 4 amide bonds. The molecule has 0 fully saturated rings. The number of anilines is 6. The monoisotopic (exact) mass is 1370 g/mol. The average molecular weight is 1380 g/mol. The van der Waals surface area contributed by atoms with Gasteiger partial charge in [-0.25, -0.2) is 19.6 Å². The topological polar surface area (TPSA) is 399 Å². The second-order valence-corrected chi connectivity index (χ2v) is 23.8. The normalized spacial score (nSPS) is 11.3. The van der Waals surface area contributed by atoms with Crippen LogP contribution < -0.4 is 53.7 Å². The minimum absolute atomic E-state index is 0.0381. The zero-order valence-electron chi connectivity index (χ0n) is 44.5. The summed E-state index contributed by atoms with van der Waals surface area (Å²) >= 11 is 37.2. The molecule has 0 unspecified atom stereocenters. The van der Waals surface area contributed by atoms with Crippen LogP contribution in [0.15, 0.2) is 119 Å². The molecule has 14 N–H and O–H groups in total. The minimum atomic E-state index is -4.93. The number of amides is 4. The summed E-state index contributed by atoms with van der Waals surface area (Å²) in [5, 5.41) is 12.1. The standard InChI is InChI=1S/2C26H22Cl3FN6O4S.H2O4S/c2*1-13-2-5-16(10-22(13)41(30,38)39)34-26(37)33-11-14-3-7-21(19(29)8-14)40-12-20-23(24(31)36-25(32)35-20)15-4-6-17(27)18(28)9-15;1-5(2,3)4/h2*2-10H,11-12H2,1H3,(H2,33,34,37)(H4,31,32,35,36);(H2,1,2,3,4). The summed E-state index contributed by atoms with van der Waals surface area (Å²) in [5.74, 6) is 0.848. The number of rotatable bonds is 16. The molecule has 2 heterocycles. The molecular formula is C52H46Cl6F2N12O12S3. The highest BCUT2D eigenvalue weighted by Gasteiger charge is 2.21. The quantitative estimate of drug-likeness (QED) is 0.0317. The van der Waals surface area contributed by atoms with Gasteiger partial charge in [-0.2, -0.15) is 35.2 Å². The van der Waals surface area contributed by atoms with Gasteiger partial charge >= 0.3 is 42.9 Å². The van der Waals surface area contributed by atoms with E-state index >= 15 is 0 Å². The maximum atomic E-state index is 13.4. The number of nitrogens with two attached hydrogens (primary N) is 4. The number of nitrogens with one attached hydrogen (secondary N) is 4. The number of ether oxygens (including phenoxy) is 2. The number of nitrogens with zero attached hydrogens (tertiary/aromatic N) is 4. The van der Waals surface area contributed by atoms with E-state index in [0.717, 1.165) is 12.1 Å². The molecule has 0 saturated heterocycles. The predicted molar refractivity (Wildman–Crippen MR) is 329 cm³/mol.